The van der Waals surface area contributed by atoms with Gasteiger partial charge in [0.25, 0.3) is 0 Å². The van der Waals surface area contributed by atoms with Crippen LogP contribution in [-0.4, -0.2) is 33.5 Å². The van der Waals surface area contributed by atoms with Crippen molar-refractivity contribution in [3.8, 4) is 11.5 Å². The van der Waals surface area contributed by atoms with Gasteiger partial charge in [0.1, 0.15) is 0 Å². The van der Waals surface area contributed by atoms with Crippen molar-refractivity contribution < 1.29 is 27.4 Å². The van der Waals surface area contributed by atoms with E-state index in [0.29, 0.717) is 22.5 Å². The van der Waals surface area contributed by atoms with Gasteiger partial charge in [-0.1, -0.05) is 30.0 Å². The second kappa shape index (κ2) is 9.94. The number of aromatic nitrogens is 3. The average molecular weight is 466 g/mol. The van der Waals surface area contributed by atoms with E-state index < -0.39 is 23.8 Å². The monoisotopic (exact) mass is 466 g/mol. The van der Waals surface area contributed by atoms with E-state index in [4.69, 9.17) is 9.47 Å². The van der Waals surface area contributed by atoms with Crippen LogP contribution in [0, 0.1) is 0 Å². The normalized spacial score (nSPS) is 12.3. The van der Waals surface area contributed by atoms with Gasteiger partial charge in [0.05, 0.1) is 18.4 Å². The van der Waals surface area contributed by atoms with Crippen molar-refractivity contribution in [3.05, 3.63) is 59.9 Å². The fraction of sp³-hybridized carbons (Fsp3) is 0.286. The summed E-state index contributed by atoms with van der Waals surface area (Å²) in [6.07, 6.45) is -4.93. The summed E-state index contributed by atoms with van der Waals surface area (Å²) in [6.45, 7) is 1.81. The second-order valence-electron chi connectivity index (χ2n) is 6.73. The molecule has 0 bridgehead atoms. The van der Waals surface area contributed by atoms with E-state index in [1.165, 1.54) is 12.1 Å². The van der Waals surface area contributed by atoms with Crippen molar-refractivity contribution in [1.29, 1.82) is 0 Å². The van der Waals surface area contributed by atoms with E-state index >= 15 is 0 Å². The molecule has 11 heteroatoms. The Labute approximate surface area is 186 Å². The van der Waals surface area contributed by atoms with Crippen molar-refractivity contribution in [2.75, 3.05) is 18.2 Å². The van der Waals surface area contributed by atoms with Crippen LogP contribution in [0.5, 0.6) is 11.5 Å². The fourth-order valence-corrected chi connectivity index (χ4v) is 3.58. The molecule has 7 nitrogen and oxygen atoms in total. The molecule has 3 rings (SSSR count). The van der Waals surface area contributed by atoms with E-state index in [1.54, 1.807) is 30.9 Å². The molecule has 32 heavy (non-hydrogen) atoms. The number of carbonyl (C=O) groups is 1. The molecule has 0 aliphatic rings. The largest absolute Gasteiger partial charge is 0.493 e. The summed E-state index contributed by atoms with van der Waals surface area (Å²) in [4.78, 5) is 12.2. The minimum atomic E-state index is -4.48. The molecule has 3 aromatic rings. The summed E-state index contributed by atoms with van der Waals surface area (Å²) < 4.78 is 51.4. The number of methoxy groups -OCH3 is 1. The molecule has 170 valence electrons. The number of alkyl halides is 3. The van der Waals surface area contributed by atoms with Crippen molar-refractivity contribution in [2.24, 2.45) is 7.05 Å². The molecule has 0 spiro atoms. The molecule has 1 unspecified atom stereocenters. The van der Waals surface area contributed by atoms with Crippen molar-refractivity contribution in [2.45, 2.75) is 24.4 Å². The molecule has 1 amide bonds. The predicted molar refractivity (Wildman–Crippen MR) is 114 cm³/mol. The van der Waals surface area contributed by atoms with E-state index in [9.17, 15) is 18.0 Å². The Bertz CT molecular complexity index is 1090. The van der Waals surface area contributed by atoms with Crippen LogP contribution in [0.15, 0.2) is 53.7 Å². The Kier molecular flexibility index (Phi) is 7.29. The molecule has 0 fully saturated rings. The quantitative estimate of drug-likeness (QED) is 0.485. The standard InChI is InChI=1S/C21H21F3N4O3S/c1-13(31-17-10-5-4-9-16(17)30-3)19-26-27-20(28(19)2)32-12-18(29)25-15-8-6-7-14(11-15)21(22,23)24/h4-11,13H,12H2,1-3H3,(H,25,29). The lowest BCUT2D eigenvalue weighted by Gasteiger charge is -2.16. The zero-order chi connectivity index (χ0) is 23.3. The Morgan fingerprint density at radius 2 is 1.88 bits per heavy atom. The Hall–Kier alpha value is -3.21. The van der Waals surface area contributed by atoms with Crippen LogP contribution >= 0.6 is 11.8 Å². The predicted octanol–water partition coefficient (Wildman–Crippen LogP) is 4.71. The molecule has 0 saturated heterocycles. The smallest absolute Gasteiger partial charge is 0.416 e. The van der Waals surface area contributed by atoms with Crippen molar-refractivity contribution in [3.63, 3.8) is 0 Å². The number of thioether (sulfide) groups is 1. The molecule has 1 aromatic heterocycles. The third-order valence-corrected chi connectivity index (χ3v) is 5.43. The summed E-state index contributed by atoms with van der Waals surface area (Å²) in [5.74, 6) is 1.17. The van der Waals surface area contributed by atoms with E-state index in [2.05, 4.69) is 15.5 Å². The van der Waals surface area contributed by atoms with E-state index in [-0.39, 0.29) is 11.4 Å². The van der Waals surface area contributed by atoms with Gasteiger partial charge >= 0.3 is 6.18 Å². The van der Waals surface area contributed by atoms with Gasteiger partial charge in [0.2, 0.25) is 5.91 Å². The summed E-state index contributed by atoms with van der Waals surface area (Å²) in [7, 11) is 3.29. The molecule has 1 heterocycles. The number of benzene rings is 2. The third-order valence-electron chi connectivity index (χ3n) is 4.41. The van der Waals surface area contributed by atoms with Crippen molar-refractivity contribution in [1.82, 2.24) is 14.8 Å². The van der Waals surface area contributed by atoms with E-state index in [1.807, 2.05) is 19.1 Å². The number of amides is 1. The number of nitrogens with zero attached hydrogens (tertiary/aromatic N) is 3. The molecule has 2 aromatic carbocycles. The Balaban J connectivity index is 1.60. The van der Waals surface area contributed by atoms with Gasteiger partial charge in [-0.15, -0.1) is 10.2 Å². The first kappa shape index (κ1) is 23.5. The molecule has 0 aliphatic heterocycles. The maximum Gasteiger partial charge on any atom is 0.416 e. The number of ether oxygens (including phenoxy) is 2. The number of halogens is 3. The van der Waals surface area contributed by atoms with Crippen LogP contribution in [0.25, 0.3) is 0 Å². The van der Waals surface area contributed by atoms with Gasteiger partial charge in [0.15, 0.2) is 28.6 Å². The highest BCUT2D eigenvalue weighted by atomic mass is 32.2. The lowest BCUT2D eigenvalue weighted by molar-refractivity contribution is -0.137. The maximum atomic E-state index is 12.8. The van der Waals surface area contributed by atoms with Crippen LogP contribution in [-0.2, 0) is 18.0 Å². The van der Waals surface area contributed by atoms with Crippen LogP contribution in [0.1, 0.15) is 24.4 Å². The zero-order valence-corrected chi connectivity index (χ0v) is 18.3. The van der Waals surface area contributed by atoms with Crippen LogP contribution < -0.4 is 14.8 Å². The highest BCUT2D eigenvalue weighted by Gasteiger charge is 2.30. The number of hydrogen-bond donors (Lipinski definition) is 1. The van der Waals surface area contributed by atoms with Gasteiger partial charge in [-0.2, -0.15) is 13.2 Å². The molecule has 0 radical (unpaired) electrons. The second-order valence-corrected chi connectivity index (χ2v) is 7.67. The maximum absolute atomic E-state index is 12.8. The summed E-state index contributed by atoms with van der Waals surface area (Å²) in [5.41, 5.74) is -0.757. The SMILES string of the molecule is COc1ccccc1OC(C)c1nnc(SCC(=O)Nc2cccc(C(F)(F)F)c2)n1C. The van der Waals surface area contributed by atoms with Crippen LogP contribution in [0.2, 0.25) is 0 Å². The Morgan fingerprint density at radius 3 is 2.56 bits per heavy atom. The number of rotatable bonds is 8. The number of nitrogens with one attached hydrogen (secondary N) is 1. The number of carbonyl (C=O) groups excluding carboxylic acids is 1. The first-order valence-corrected chi connectivity index (χ1v) is 10.5. The molecule has 1 N–H and O–H groups in total. The van der Waals surface area contributed by atoms with Gasteiger partial charge in [-0.05, 0) is 37.3 Å². The van der Waals surface area contributed by atoms with Gasteiger partial charge in [-0.25, -0.2) is 0 Å². The topological polar surface area (TPSA) is 78.3 Å². The minimum Gasteiger partial charge on any atom is -0.493 e. The van der Waals surface area contributed by atoms with Gasteiger partial charge in [0, 0.05) is 12.7 Å². The minimum absolute atomic E-state index is 0.0516. The van der Waals surface area contributed by atoms with E-state index in [0.717, 1.165) is 23.9 Å². The highest BCUT2D eigenvalue weighted by Crippen LogP contribution is 2.32. The number of hydrogen-bond acceptors (Lipinski definition) is 6. The number of para-hydroxylation sites is 2. The van der Waals surface area contributed by atoms with Crippen LogP contribution in [0.3, 0.4) is 0 Å². The third kappa shape index (κ3) is 5.72. The molecule has 0 saturated carbocycles. The lowest BCUT2D eigenvalue weighted by Crippen LogP contribution is -2.15. The van der Waals surface area contributed by atoms with Gasteiger partial charge in [-0.3, -0.25) is 4.79 Å². The molecular formula is C21H21F3N4O3S. The summed E-state index contributed by atoms with van der Waals surface area (Å²) in [6, 6.07) is 11.7. The average Bonchev–Trinajstić information content (AvgIpc) is 3.12. The Morgan fingerprint density at radius 1 is 1.16 bits per heavy atom. The highest BCUT2D eigenvalue weighted by molar-refractivity contribution is 7.99. The number of anilines is 1. The van der Waals surface area contributed by atoms with Crippen molar-refractivity contribution >= 4 is 23.4 Å². The zero-order valence-electron chi connectivity index (χ0n) is 17.5. The van der Waals surface area contributed by atoms with Gasteiger partial charge < -0.3 is 19.4 Å². The molecular weight excluding hydrogens is 445 g/mol. The van der Waals surface area contributed by atoms with Crippen LogP contribution in [0.4, 0.5) is 18.9 Å². The molecule has 1 atom stereocenters. The first-order valence-electron chi connectivity index (χ1n) is 9.48. The first-order chi connectivity index (χ1) is 15.2. The molecule has 0 aliphatic carbocycles. The fourth-order valence-electron chi connectivity index (χ4n) is 2.87. The summed E-state index contributed by atoms with van der Waals surface area (Å²) in [5, 5.41) is 11.2. The lowest BCUT2D eigenvalue weighted by atomic mass is 10.2. The summed E-state index contributed by atoms with van der Waals surface area (Å²) >= 11 is 1.11.